The molecule has 2 atom stereocenters. The molecule has 0 aliphatic carbocycles. The minimum atomic E-state index is -4.26. The Morgan fingerprint density at radius 3 is 1.56 bits per heavy atom. The Kier molecular flexibility index (Phi) is 23.6. The molecule has 4 nitrogen and oxygen atoms in total. The molecule has 0 heterocycles. The van der Waals surface area contributed by atoms with Crippen LogP contribution in [0.2, 0.25) is 0 Å². The van der Waals surface area contributed by atoms with Crippen LogP contribution in [-0.4, -0.2) is 29.4 Å². The minimum absolute atomic E-state index is 0. The van der Waals surface area contributed by atoms with Crippen LogP contribution in [0.3, 0.4) is 0 Å². The van der Waals surface area contributed by atoms with Gasteiger partial charge in [-0.15, -0.1) is 0 Å². The average Bonchev–Trinajstić information content (AvgIpc) is 2.58. The number of aliphatic hydroxyl groups is 1. The fraction of sp³-hybridized carbons (Fsp3) is 1.00. The van der Waals surface area contributed by atoms with Gasteiger partial charge in [0.1, 0.15) is 0 Å². The van der Waals surface area contributed by atoms with E-state index in [0.717, 1.165) is 38.5 Å². The van der Waals surface area contributed by atoms with E-state index in [1.807, 2.05) is 0 Å². The van der Waals surface area contributed by atoms with Gasteiger partial charge in [-0.1, -0.05) is 97.3 Å². The Morgan fingerprint density at radius 1 is 0.667 bits per heavy atom. The molecule has 0 aromatic carbocycles. The first-order chi connectivity index (χ1) is 12.4. The van der Waals surface area contributed by atoms with E-state index in [9.17, 15) is 18.1 Å². The van der Waals surface area contributed by atoms with Gasteiger partial charge in [0.2, 0.25) is 0 Å². The van der Waals surface area contributed by atoms with E-state index in [1.54, 1.807) is 0 Å². The maximum atomic E-state index is 11.5. The van der Waals surface area contributed by atoms with Gasteiger partial charge < -0.3 is 9.66 Å². The van der Waals surface area contributed by atoms with Gasteiger partial charge in [0.25, 0.3) is 0 Å². The third kappa shape index (κ3) is 20.6. The zero-order chi connectivity index (χ0) is 19.7. The maximum Gasteiger partial charge on any atom is 1.00 e. The molecule has 0 bridgehead atoms. The number of rotatable bonds is 19. The van der Waals surface area contributed by atoms with Crippen molar-refractivity contribution in [1.29, 1.82) is 0 Å². The molecule has 27 heavy (non-hydrogen) atoms. The number of aliphatic hydroxyl groups excluding tert-OH is 1. The quantitative estimate of drug-likeness (QED) is 0.194. The molecule has 0 fully saturated rings. The molecule has 0 saturated heterocycles. The van der Waals surface area contributed by atoms with Crippen molar-refractivity contribution in [2.75, 3.05) is 0 Å². The van der Waals surface area contributed by atoms with Crippen molar-refractivity contribution in [3.05, 3.63) is 0 Å². The van der Waals surface area contributed by atoms with Crippen molar-refractivity contribution in [3.8, 4) is 0 Å². The van der Waals surface area contributed by atoms with E-state index in [2.05, 4.69) is 13.8 Å². The molecule has 0 rings (SSSR count). The Hall–Kier alpha value is 1.51. The van der Waals surface area contributed by atoms with Crippen LogP contribution in [0.1, 0.15) is 123 Å². The largest absolute Gasteiger partial charge is 1.00 e. The maximum absolute atomic E-state index is 11.5. The van der Waals surface area contributed by atoms with Gasteiger partial charge in [-0.3, -0.25) is 0 Å². The van der Waals surface area contributed by atoms with Gasteiger partial charge in [0.05, 0.1) is 16.2 Å². The zero-order valence-corrected chi connectivity index (χ0v) is 22.2. The standard InChI is InChI=1S/C21H44O4S.K/c1-3-5-7-9-10-11-12-13-15-17-21(26(23,24)25)19-18-20(22)16-14-8-6-4-2;/h20-22H,3-19H2,1-2H3,(H,23,24,25);/q;+1/p-1. The van der Waals surface area contributed by atoms with Crippen molar-refractivity contribution >= 4 is 10.1 Å². The smallest absolute Gasteiger partial charge is 0.748 e. The van der Waals surface area contributed by atoms with Gasteiger partial charge in [-0.25, -0.2) is 8.42 Å². The van der Waals surface area contributed by atoms with Crippen molar-refractivity contribution < 1.29 is 69.5 Å². The van der Waals surface area contributed by atoms with Gasteiger partial charge in [0.15, 0.2) is 0 Å². The third-order valence-corrected chi connectivity index (χ3v) is 6.54. The van der Waals surface area contributed by atoms with Crippen LogP contribution in [-0.2, 0) is 10.1 Å². The zero-order valence-electron chi connectivity index (χ0n) is 18.3. The first kappa shape index (κ1) is 30.7. The fourth-order valence-corrected chi connectivity index (χ4v) is 4.33. The van der Waals surface area contributed by atoms with Crippen molar-refractivity contribution in [2.24, 2.45) is 0 Å². The molecular formula is C21H43KO4S. The molecule has 0 aromatic rings. The topological polar surface area (TPSA) is 77.4 Å². The van der Waals surface area contributed by atoms with Gasteiger partial charge in [0, 0.05) is 5.25 Å². The molecule has 0 saturated carbocycles. The second kappa shape index (κ2) is 20.8. The summed E-state index contributed by atoms with van der Waals surface area (Å²) >= 11 is 0. The SMILES string of the molecule is CCCCCCCCCCCC(CCC(O)CCCCCC)S(=O)(=O)[O-].[K+]. The molecule has 0 amide bonds. The third-order valence-electron chi connectivity index (χ3n) is 5.25. The summed E-state index contributed by atoms with van der Waals surface area (Å²) in [5.74, 6) is 0. The predicted molar refractivity (Wildman–Crippen MR) is 109 cm³/mol. The molecular weight excluding hydrogens is 387 g/mol. The number of unbranched alkanes of at least 4 members (excludes halogenated alkanes) is 11. The van der Waals surface area contributed by atoms with Crippen LogP contribution in [0.15, 0.2) is 0 Å². The second-order valence-electron chi connectivity index (χ2n) is 7.81. The average molecular weight is 431 g/mol. The van der Waals surface area contributed by atoms with Crippen molar-refractivity contribution in [1.82, 2.24) is 0 Å². The summed E-state index contributed by atoms with van der Waals surface area (Å²) in [7, 11) is -4.26. The van der Waals surface area contributed by atoms with E-state index in [-0.39, 0.29) is 51.4 Å². The van der Waals surface area contributed by atoms with Crippen LogP contribution in [0, 0.1) is 0 Å². The van der Waals surface area contributed by atoms with Gasteiger partial charge >= 0.3 is 51.4 Å². The van der Waals surface area contributed by atoms with Gasteiger partial charge in [-0.05, 0) is 25.7 Å². The van der Waals surface area contributed by atoms with Crippen molar-refractivity contribution in [2.45, 2.75) is 134 Å². The fourth-order valence-electron chi connectivity index (χ4n) is 3.45. The molecule has 6 heteroatoms. The molecule has 0 radical (unpaired) electrons. The van der Waals surface area contributed by atoms with Gasteiger partial charge in [-0.2, -0.15) is 0 Å². The van der Waals surface area contributed by atoms with E-state index in [1.165, 1.54) is 44.9 Å². The summed E-state index contributed by atoms with van der Waals surface area (Å²) in [6.45, 7) is 4.36. The monoisotopic (exact) mass is 430 g/mol. The summed E-state index contributed by atoms with van der Waals surface area (Å²) in [5.41, 5.74) is 0. The Labute approximate surface area is 211 Å². The summed E-state index contributed by atoms with van der Waals surface area (Å²) in [4.78, 5) is 0. The van der Waals surface area contributed by atoms with Crippen LogP contribution >= 0.6 is 0 Å². The second-order valence-corrected chi connectivity index (χ2v) is 9.46. The molecule has 2 unspecified atom stereocenters. The first-order valence-electron chi connectivity index (χ1n) is 11.0. The van der Waals surface area contributed by atoms with Crippen LogP contribution in [0.4, 0.5) is 0 Å². The van der Waals surface area contributed by atoms with Crippen molar-refractivity contribution in [3.63, 3.8) is 0 Å². The number of hydrogen-bond donors (Lipinski definition) is 1. The minimum Gasteiger partial charge on any atom is -0.748 e. The summed E-state index contributed by atoms with van der Waals surface area (Å²) < 4.78 is 34.4. The van der Waals surface area contributed by atoms with Crippen LogP contribution in [0.25, 0.3) is 0 Å². The van der Waals surface area contributed by atoms with E-state index >= 15 is 0 Å². The van der Waals surface area contributed by atoms with Crippen LogP contribution < -0.4 is 51.4 Å². The molecule has 0 aliphatic rings. The molecule has 0 aromatic heterocycles. The summed E-state index contributed by atoms with van der Waals surface area (Å²) in [5, 5.41) is 9.17. The van der Waals surface area contributed by atoms with E-state index < -0.39 is 21.5 Å². The normalized spacial score (nSPS) is 13.9. The predicted octanol–water partition coefficient (Wildman–Crippen LogP) is 2.94. The molecule has 158 valence electrons. The Morgan fingerprint density at radius 2 is 1.07 bits per heavy atom. The van der Waals surface area contributed by atoms with E-state index in [0.29, 0.717) is 25.7 Å². The Balaban J connectivity index is 0. The molecule has 0 aliphatic heterocycles. The number of hydrogen-bond acceptors (Lipinski definition) is 4. The Bertz CT molecular complexity index is 401. The molecule has 0 spiro atoms. The summed E-state index contributed by atoms with van der Waals surface area (Å²) in [6.07, 6.45) is 16.4. The first-order valence-corrected chi connectivity index (χ1v) is 12.5. The van der Waals surface area contributed by atoms with Crippen LogP contribution in [0.5, 0.6) is 0 Å². The summed E-state index contributed by atoms with van der Waals surface area (Å²) in [6, 6.07) is 0. The van der Waals surface area contributed by atoms with E-state index in [4.69, 9.17) is 0 Å². The molecule has 1 N–H and O–H groups in total.